The maximum atomic E-state index is 10.9. The summed E-state index contributed by atoms with van der Waals surface area (Å²) in [5.41, 5.74) is 1.50. The van der Waals surface area contributed by atoms with Crippen LogP contribution in [0.4, 0.5) is 0 Å². The SMILES string of the molecule is O=C(O)c1ccc2nc(CN3CCCCC3)oc2c1. The van der Waals surface area contributed by atoms with Gasteiger partial charge in [-0.1, -0.05) is 6.42 Å². The van der Waals surface area contributed by atoms with Crippen molar-refractivity contribution in [2.45, 2.75) is 25.8 Å². The summed E-state index contributed by atoms with van der Waals surface area (Å²) < 4.78 is 5.65. The highest BCUT2D eigenvalue weighted by molar-refractivity contribution is 5.91. The zero-order chi connectivity index (χ0) is 13.2. The molecular formula is C14H16N2O3. The summed E-state index contributed by atoms with van der Waals surface area (Å²) in [6, 6.07) is 4.78. The third-order valence-corrected chi connectivity index (χ3v) is 3.49. The second kappa shape index (κ2) is 5.01. The first-order valence-corrected chi connectivity index (χ1v) is 6.57. The fourth-order valence-electron chi connectivity index (χ4n) is 2.48. The number of carbonyl (C=O) groups is 1. The van der Waals surface area contributed by atoms with Gasteiger partial charge in [0, 0.05) is 0 Å². The van der Waals surface area contributed by atoms with E-state index >= 15 is 0 Å². The van der Waals surface area contributed by atoms with Crippen LogP contribution >= 0.6 is 0 Å². The molecule has 0 unspecified atom stereocenters. The molecule has 0 saturated carbocycles. The van der Waals surface area contributed by atoms with Crippen molar-refractivity contribution in [3.8, 4) is 0 Å². The Kier molecular flexibility index (Phi) is 3.21. The van der Waals surface area contributed by atoms with Gasteiger partial charge in [-0.25, -0.2) is 9.78 Å². The van der Waals surface area contributed by atoms with Crippen molar-refractivity contribution in [3.05, 3.63) is 29.7 Å². The second-order valence-corrected chi connectivity index (χ2v) is 4.93. The summed E-state index contributed by atoms with van der Waals surface area (Å²) in [6.45, 7) is 2.87. The number of carboxylic acid groups (broad SMARTS) is 1. The van der Waals surface area contributed by atoms with Crippen molar-refractivity contribution < 1.29 is 14.3 Å². The summed E-state index contributed by atoms with van der Waals surface area (Å²) in [7, 11) is 0. The van der Waals surface area contributed by atoms with E-state index < -0.39 is 5.97 Å². The predicted molar refractivity (Wildman–Crippen MR) is 70.1 cm³/mol. The lowest BCUT2D eigenvalue weighted by molar-refractivity contribution is 0.0697. The molecule has 2 heterocycles. The van der Waals surface area contributed by atoms with E-state index in [0.29, 0.717) is 18.0 Å². The summed E-state index contributed by atoms with van der Waals surface area (Å²) in [4.78, 5) is 17.6. The number of likely N-dealkylation sites (tertiary alicyclic amines) is 1. The Morgan fingerprint density at radius 3 is 2.84 bits per heavy atom. The number of oxazole rings is 1. The van der Waals surface area contributed by atoms with Crippen LogP contribution in [0, 0.1) is 0 Å². The fraction of sp³-hybridized carbons (Fsp3) is 0.429. The van der Waals surface area contributed by atoms with Crippen molar-refractivity contribution in [1.82, 2.24) is 9.88 Å². The van der Waals surface area contributed by atoms with Crippen LogP contribution in [0.2, 0.25) is 0 Å². The van der Waals surface area contributed by atoms with E-state index in [9.17, 15) is 4.79 Å². The van der Waals surface area contributed by atoms with Crippen LogP contribution < -0.4 is 0 Å². The number of hydrogen-bond acceptors (Lipinski definition) is 4. The van der Waals surface area contributed by atoms with Crippen LogP contribution in [0.1, 0.15) is 35.5 Å². The summed E-state index contributed by atoms with van der Waals surface area (Å²) in [5.74, 6) is -0.282. The Morgan fingerprint density at radius 1 is 1.32 bits per heavy atom. The van der Waals surface area contributed by atoms with E-state index in [0.717, 1.165) is 18.6 Å². The zero-order valence-electron chi connectivity index (χ0n) is 10.6. The highest BCUT2D eigenvalue weighted by Crippen LogP contribution is 2.19. The first-order chi connectivity index (χ1) is 9.22. The van der Waals surface area contributed by atoms with E-state index in [2.05, 4.69) is 9.88 Å². The van der Waals surface area contributed by atoms with Crippen LogP contribution in [0.25, 0.3) is 11.1 Å². The largest absolute Gasteiger partial charge is 0.478 e. The first kappa shape index (κ1) is 12.2. The Morgan fingerprint density at radius 2 is 2.11 bits per heavy atom. The lowest BCUT2D eigenvalue weighted by Gasteiger charge is -2.24. The van der Waals surface area contributed by atoms with Crippen molar-refractivity contribution in [2.24, 2.45) is 0 Å². The molecule has 5 nitrogen and oxygen atoms in total. The van der Waals surface area contributed by atoms with Gasteiger partial charge in [0.25, 0.3) is 0 Å². The Hall–Kier alpha value is -1.88. The molecule has 1 aromatic carbocycles. The maximum absolute atomic E-state index is 10.9. The van der Waals surface area contributed by atoms with Crippen molar-refractivity contribution in [1.29, 1.82) is 0 Å². The number of aromatic carboxylic acids is 1. The molecule has 0 radical (unpaired) electrons. The van der Waals surface area contributed by atoms with Crippen molar-refractivity contribution in [3.63, 3.8) is 0 Å². The number of fused-ring (bicyclic) bond motifs is 1. The minimum atomic E-state index is -0.948. The normalized spacial score (nSPS) is 16.8. The molecule has 100 valence electrons. The van der Waals surface area contributed by atoms with E-state index in [1.165, 1.54) is 25.3 Å². The van der Waals surface area contributed by atoms with Gasteiger partial charge in [-0.15, -0.1) is 0 Å². The minimum absolute atomic E-state index is 0.230. The minimum Gasteiger partial charge on any atom is -0.478 e. The van der Waals surface area contributed by atoms with Crippen LogP contribution in [0.5, 0.6) is 0 Å². The second-order valence-electron chi connectivity index (χ2n) is 4.93. The number of aromatic nitrogens is 1. The molecule has 1 aliphatic heterocycles. The molecule has 3 rings (SSSR count). The van der Waals surface area contributed by atoms with Gasteiger partial charge in [0.05, 0.1) is 12.1 Å². The molecule has 1 N–H and O–H groups in total. The number of hydrogen-bond donors (Lipinski definition) is 1. The van der Waals surface area contributed by atoms with Crippen LogP contribution in [-0.4, -0.2) is 34.0 Å². The Labute approximate surface area is 110 Å². The van der Waals surface area contributed by atoms with Gasteiger partial charge >= 0.3 is 5.97 Å². The summed E-state index contributed by atoms with van der Waals surface area (Å²) in [6.07, 6.45) is 3.75. The highest BCUT2D eigenvalue weighted by atomic mass is 16.4. The average molecular weight is 260 g/mol. The molecular weight excluding hydrogens is 244 g/mol. The molecule has 0 bridgehead atoms. The monoisotopic (exact) mass is 260 g/mol. The zero-order valence-corrected chi connectivity index (χ0v) is 10.6. The van der Waals surface area contributed by atoms with Crippen molar-refractivity contribution >= 4 is 17.1 Å². The van der Waals surface area contributed by atoms with Crippen LogP contribution in [-0.2, 0) is 6.54 Å². The third-order valence-electron chi connectivity index (χ3n) is 3.49. The molecule has 2 aromatic rings. The quantitative estimate of drug-likeness (QED) is 0.918. The molecule has 19 heavy (non-hydrogen) atoms. The molecule has 1 aliphatic rings. The van der Waals surface area contributed by atoms with Crippen molar-refractivity contribution in [2.75, 3.05) is 13.1 Å². The first-order valence-electron chi connectivity index (χ1n) is 6.57. The number of rotatable bonds is 3. The number of benzene rings is 1. The third kappa shape index (κ3) is 2.61. The molecule has 5 heteroatoms. The molecule has 1 aromatic heterocycles. The van der Waals surface area contributed by atoms with Gasteiger partial charge in [0.2, 0.25) is 5.89 Å². The van der Waals surface area contributed by atoms with E-state index in [1.54, 1.807) is 12.1 Å². The van der Waals surface area contributed by atoms with Gasteiger partial charge < -0.3 is 9.52 Å². The van der Waals surface area contributed by atoms with Crippen LogP contribution in [0.15, 0.2) is 22.6 Å². The summed E-state index contributed by atoms with van der Waals surface area (Å²) in [5, 5.41) is 8.94. The van der Waals surface area contributed by atoms with E-state index in [4.69, 9.17) is 9.52 Å². The van der Waals surface area contributed by atoms with E-state index in [-0.39, 0.29) is 5.56 Å². The topological polar surface area (TPSA) is 66.6 Å². The standard InChI is InChI=1S/C14H16N2O3/c17-14(18)10-4-5-11-12(8-10)19-13(15-11)9-16-6-2-1-3-7-16/h4-5,8H,1-3,6-7,9H2,(H,17,18). The molecule has 1 fully saturated rings. The maximum Gasteiger partial charge on any atom is 0.335 e. The summed E-state index contributed by atoms with van der Waals surface area (Å²) >= 11 is 0. The number of piperidine rings is 1. The molecule has 0 amide bonds. The lowest BCUT2D eigenvalue weighted by Crippen LogP contribution is -2.29. The van der Waals surface area contributed by atoms with Gasteiger partial charge in [-0.3, -0.25) is 4.90 Å². The lowest BCUT2D eigenvalue weighted by atomic mass is 10.1. The molecule has 0 aliphatic carbocycles. The predicted octanol–water partition coefficient (Wildman–Crippen LogP) is 2.51. The van der Waals surface area contributed by atoms with Gasteiger partial charge in [0.15, 0.2) is 5.58 Å². The van der Waals surface area contributed by atoms with Gasteiger partial charge in [0.1, 0.15) is 5.52 Å². The molecule has 0 atom stereocenters. The molecule has 1 saturated heterocycles. The smallest absolute Gasteiger partial charge is 0.335 e. The van der Waals surface area contributed by atoms with Crippen LogP contribution in [0.3, 0.4) is 0 Å². The van der Waals surface area contributed by atoms with Gasteiger partial charge in [-0.05, 0) is 44.1 Å². The number of carboxylic acids is 1. The fourth-order valence-corrected chi connectivity index (χ4v) is 2.48. The molecule has 0 spiro atoms. The Balaban J connectivity index is 1.82. The van der Waals surface area contributed by atoms with Gasteiger partial charge in [-0.2, -0.15) is 0 Å². The highest BCUT2D eigenvalue weighted by Gasteiger charge is 2.15. The number of nitrogens with zero attached hydrogens (tertiary/aromatic N) is 2. The Bertz CT molecular complexity index is 600. The van der Waals surface area contributed by atoms with E-state index in [1.807, 2.05) is 0 Å². The average Bonchev–Trinajstić information content (AvgIpc) is 2.80.